The van der Waals surface area contributed by atoms with Crippen LogP contribution in [-0.2, 0) is 32.3 Å². The van der Waals surface area contributed by atoms with Gasteiger partial charge in [-0.1, -0.05) is 60.5 Å². The molecule has 0 aliphatic carbocycles. The fourth-order valence-corrected chi connectivity index (χ4v) is 5.70. The zero-order chi connectivity index (χ0) is 29.7. The Morgan fingerprint density at radius 1 is 1.00 bits per heavy atom. The molecule has 0 radical (unpaired) electrons. The minimum Gasteiger partial charge on any atom is -0.357 e. The molecule has 0 saturated carbocycles. The second kappa shape index (κ2) is 12.7. The summed E-state index contributed by atoms with van der Waals surface area (Å²) in [6.45, 7) is 2.43. The molecule has 214 valence electrons. The van der Waals surface area contributed by atoms with Gasteiger partial charge in [-0.2, -0.15) is 13.2 Å². The Labute approximate surface area is 236 Å². The van der Waals surface area contributed by atoms with Gasteiger partial charge in [0.05, 0.1) is 16.1 Å². The summed E-state index contributed by atoms with van der Waals surface area (Å²) < 4.78 is 68.8. The molecule has 40 heavy (non-hydrogen) atoms. The first-order chi connectivity index (χ1) is 18.8. The van der Waals surface area contributed by atoms with Crippen molar-refractivity contribution in [1.82, 2.24) is 10.2 Å². The van der Waals surface area contributed by atoms with Crippen LogP contribution in [0.15, 0.2) is 77.7 Å². The van der Waals surface area contributed by atoms with Crippen molar-refractivity contribution in [3.63, 3.8) is 0 Å². The van der Waals surface area contributed by atoms with Crippen LogP contribution in [0, 0.1) is 6.92 Å². The highest BCUT2D eigenvalue weighted by Gasteiger charge is 2.36. The van der Waals surface area contributed by atoms with E-state index in [1.165, 1.54) is 30.1 Å². The topological polar surface area (TPSA) is 86.8 Å². The van der Waals surface area contributed by atoms with E-state index < -0.39 is 46.2 Å². The highest BCUT2D eigenvalue weighted by atomic mass is 35.5. The van der Waals surface area contributed by atoms with Crippen molar-refractivity contribution in [2.45, 2.75) is 43.9 Å². The Kier molecular flexibility index (Phi) is 9.86. The molecule has 3 rings (SSSR count). The van der Waals surface area contributed by atoms with E-state index in [9.17, 15) is 31.2 Å². The maximum atomic E-state index is 13.9. The smallest absolute Gasteiger partial charge is 0.357 e. The summed E-state index contributed by atoms with van der Waals surface area (Å²) >= 11 is 6.31. The van der Waals surface area contributed by atoms with Crippen molar-refractivity contribution >= 4 is 39.1 Å². The molecule has 0 aliphatic heterocycles. The van der Waals surface area contributed by atoms with Crippen LogP contribution >= 0.6 is 11.6 Å². The van der Waals surface area contributed by atoms with E-state index in [1.54, 1.807) is 50.2 Å². The molecule has 1 atom stereocenters. The molecule has 0 heterocycles. The summed E-state index contributed by atoms with van der Waals surface area (Å²) in [5.41, 5.74) is -0.157. The molecule has 7 nitrogen and oxygen atoms in total. The number of hydrogen-bond donors (Lipinski definition) is 1. The molecule has 0 unspecified atom stereocenters. The largest absolute Gasteiger partial charge is 0.416 e. The summed E-state index contributed by atoms with van der Waals surface area (Å²) in [4.78, 5) is 27.6. The number of amides is 2. The molecule has 0 bridgehead atoms. The van der Waals surface area contributed by atoms with Gasteiger partial charge in [0.2, 0.25) is 11.8 Å². The van der Waals surface area contributed by atoms with Crippen molar-refractivity contribution in [3.05, 3.63) is 94.5 Å². The summed E-state index contributed by atoms with van der Waals surface area (Å²) in [7, 11) is -3.11. The number of anilines is 1. The van der Waals surface area contributed by atoms with E-state index in [1.807, 2.05) is 0 Å². The number of likely N-dealkylation sites (N-methyl/N-ethyl adjacent to an activating group) is 1. The fraction of sp³-hybridized carbons (Fsp3) is 0.286. The second-order valence-corrected chi connectivity index (χ2v) is 11.3. The number of carbonyl (C=O) groups excluding carboxylic acids is 2. The average Bonchev–Trinajstić information content (AvgIpc) is 2.92. The summed E-state index contributed by atoms with van der Waals surface area (Å²) in [5.74, 6) is -1.29. The minimum atomic E-state index is -4.75. The van der Waals surface area contributed by atoms with Gasteiger partial charge >= 0.3 is 6.18 Å². The predicted molar refractivity (Wildman–Crippen MR) is 147 cm³/mol. The first-order valence-electron chi connectivity index (χ1n) is 12.3. The van der Waals surface area contributed by atoms with Gasteiger partial charge in [0.1, 0.15) is 12.6 Å². The lowest BCUT2D eigenvalue weighted by atomic mass is 10.1. The molecule has 12 heteroatoms. The molecule has 2 amide bonds. The Bertz CT molecular complexity index is 1460. The Hall–Kier alpha value is -3.57. The van der Waals surface area contributed by atoms with Crippen molar-refractivity contribution in [3.8, 4) is 0 Å². The first-order valence-corrected chi connectivity index (χ1v) is 14.1. The molecular weight excluding hydrogens is 567 g/mol. The molecule has 0 spiro atoms. The van der Waals surface area contributed by atoms with Crippen LogP contribution < -0.4 is 9.62 Å². The van der Waals surface area contributed by atoms with E-state index in [-0.39, 0.29) is 23.5 Å². The average molecular weight is 596 g/mol. The molecule has 0 fully saturated rings. The number of nitrogens with zero attached hydrogens (tertiary/aromatic N) is 2. The lowest BCUT2D eigenvalue weighted by molar-refractivity contribution is -0.140. The molecule has 3 aromatic rings. The number of halogens is 4. The standard InChI is InChI=1S/C28H29ClF3N3O4S/c1-4-25(27(37)33-3)34(17-20-8-5-6-11-24(20)29)26(36)18-35(22-10-7-9-21(16-22)28(30,31)32)40(38,39)23-14-12-19(2)13-15-23/h5-16,25H,4,17-18H2,1-3H3,(H,33,37)/t25-/m0/s1. The molecule has 0 aromatic heterocycles. The van der Waals surface area contributed by atoms with Gasteiger partial charge in [0, 0.05) is 18.6 Å². The van der Waals surface area contributed by atoms with E-state index in [0.717, 1.165) is 17.7 Å². The van der Waals surface area contributed by atoms with Crippen LogP contribution in [0.4, 0.5) is 18.9 Å². The van der Waals surface area contributed by atoms with Gasteiger partial charge in [-0.05, 0) is 55.3 Å². The SMILES string of the molecule is CC[C@@H](C(=O)NC)N(Cc1ccccc1Cl)C(=O)CN(c1cccc(C(F)(F)F)c1)S(=O)(=O)c1ccc(C)cc1. The quantitative estimate of drug-likeness (QED) is 0.339. The van der Waals surface area contributed by atoms with Gasteiger partial charge in [0.15, 0.2) is 0 Å². The lowest BCUT2D eigenvalue weighted by Gasteiger charge is -2.33. The van der Waals surface area contributed by atoms with Crippen molar-refractivity contribution in [2.24, 2.45) is 0 Å². The number of aryl methyl sites for hydroxylation is 1. The number of benzene rings is 3. The second-order valence-electron chi connectivity index (χ2n) is 9.02. The number of carbonyl (C=O) groups is 2. The van der Waals surface area contributed by atoms with Crippen LogP contribution in [0.2, 0.25) is 5.02 Å². The number of sulfonamides is 1. The van der Waals surface area contributed by atoms with Gasteiger partial charge < -0.3 is 10.2 Å². The summed E-state index contributed by atoms with van der Waals surface area (Å²) in [6.07, 6.45) is -4.56. The Morgan fingerprint density at radius 3 is 2.23 bits per heavy atom. The van der Waals surface area contributed by atoms with Crippen molar-refractivity contribution < 1.29 is 31.2 Å². The summed E-state index contributed by atoms with van der Waals surface area (Å²) in [5, 5.41) is 2.83. The number of hydrogen-bond acceptors (Lipinski definition) is 4. The normalized spacial score (nSPS) is 12.5. The molecular formula is C28H29ClF3N3O4S. The molecule has 0 aliphatic rings. The van der Waals surface area contributed by atoms with Crippen molar-refractivity contribution in [2.75, 3.05) is 17.9 Å². The highest BCUT2D eigenvalue weighted by Crippen LogP contribution is 2.33. The Balaban J connectivity index is 2.13. The predicted octanol–water partition coefficient (Wildman–Crippen LogP) is 5.42. The van der Waals surface area contributed by atoms with Crippen LogP contribution in [-0.4, -0.2) is 44.8 Å². The number of rotatable bonds is 10. The van der Waals surface area contributed by atoms with E-state index in [2.05, 4.69) is 5.32 Å². The zero-order valence-corrected chi connectivity index (χ0v) is 23.6. The van der Waals surface area contributed by atoms with Gasteiger partial charge in [-0.3, -0.25) is 13.9 Å². The van der Waals surface area contributed by atoms with Gasteiger partial charge in [0.25, 0.3) is 10.0 Å². The molecule has 0 saturated heterocycles. The molecule has 1 N–H and O–H groups in total. The van der Waals surface area contributed by atoms with Crippen LogP contribution in [0.5, 0.6) is 0 Å². The third-order valence-electron chi connectivity index (χ3n) is 6.28. The minimum absolute atomic E-state index is 0.133. The maximum Gasteiger partial charge on any atom is 0.416 e. The highest BCUT2D eigenvalue weighted by molar-refractivity contribution is 7.92. The summed E-state index contributed by atoms with van der Waals surface area (Å²) in [6, 6.07) is 15.1. The fourth-order valence-electron chi connectivity index (χ4n) is 4.10. The van der Waals surface area contributed by atoms with E-state index in [0.29, 0.717) is 21.0 Å². The monoisotopic (exact) mass is 595 g/mol. The zero-order valence-electron chi connectivity index (χ0n) is 22.1. The number of alkyl halides is 3. The van der Waals surface area contributed by atoms with Crippen LogP contribution in [0.25, 0.3) is 0 Å². The Morgan fingerprint density at radius 2 is 1.65 bits per heavy atom. The third-order valence-corrected chi connectivity index (χ3v) is 8.44. The molecule has 3 aromatic carbocycles. The lowest BCUT2D eigenvalue weighted by Crippen LogP contribution is -2.51. The first kappa shape index (κ1) is 31.0. The van der Waals surface area contributed by atoms with Crippen molar-refractivity contribution in [1.29, 1.82) is 0 Å². The van der Waals surface area contributed by atoms with Crippen LogP contribution in [0.1, 0.15) is 30.0 Å². The maximum absolute atomic E-state index is 13.9. The van der Waals surface area contributed by atoms with E-state index >= 15 is 0 Å². The van der Waals surface area contributed by atoms with E-state index in [4.69, 9.17) is 11.6 Å². The number of nitrogens with one attached hydrogen (secondary N) is 1. The van der Waals surface area contributed by atoms with Gasteiger partial charge in [-0.25, -0.2) is 8.42 Å². The third kappa shape index (κ3) is 7.14. The van der Waals surface area contributed by atoms with Gasteiger partial charge in [-0.15, -0.1) is 0 Å². The van der Waals surface area contributed by atoms with Crippen LogP contribution in [0.3, 0.4) is 0 Å².